The molecule has 8 nitrogen and oxygen atoms in total. The van der Waals surface area contributed by atoms with Gasteiger partial charge in [-0.05, 0) is 47.1 Å². The van der Waals surface area contributed by atoms with Crippen LogP contribution in [0.25, 0.3) is 11.3 Å². The second kappa shape index (κ2) is 10.8. The summed E-state index contributed by atoms with van der Waals surface area (Å²) in [7, 11) is 1.49. The van der Waals surface area contributed by atoms with Crippen LogP contribution in [0.1, 0.15) is 22.6 Å². The molecule has 0 fully saturated rings. The van der Waals surface area contributed by atoms with Gasteiger partial charge in [0.15, 0.2) is 6.61 Å². The minimum absolute atomic E-state index is 0.00128. The number of rotatable bonds is 8. The Balaban J connectivity index is 1.62. The molecule has 0 unspecified atom stereocenters. The van der Waals surface area contributed by atoms with Crippen LogP contribution in [0.15, 0.2) is 44.3 Å². The van der Waals surface area contributed by atoms with Crippen molar-refractivity contribution in [3.63, 3.8) is 0 Å². The van der Waals surface area contributed by atoms with E-state index in [2.05, 4.69) is 31.4 Å². The van der Waals surface area contributed by atoms with Crippen molar-refractivity contribution in [3.05, 3.63) is 69.0 Å². The number of benzene rings is 1. The number of halogens is 3. The van der Waals surface area contributed by atoms with E-state index in [-0.39, 0.29) is 35.1 Å². The largest absolute Gasteiger partial charge is 0.467 e. The van der Waals surface area contributed by atoms with Crippen LogP contribution in [-0.4, -0.2) is 30.8 Å². The highest BCUT2D eigenvalue weighted by Gasteiger charge is 2.18. The lowest BCUT2D eigenvalue weighted by Crippen LogP contribution is -2.25. The SMILES string of the molecule is COCc1c(Br)c(C)nc(OCC(=O)N/N=C\c2ccc(-c3ccc(F)cc3F)o2)c1C#N. The standard InChI is InChI=1S/C22H17BrF2N4O4/c1-12-21(23)17(10-31-2)16(8-26)22(28-12)32-11-20(30)29-27-9-14-4-6-19(33-14)15-5-3-13(24)7-18(15)25/h3-7,9H,10-11H2,1-2H3,(H,29,30)/b27-9-. The Bertz CT molecular complexity index is 1250. The van der Waals surface area contributed by atoms with Gasteiger partial charge in [0, 0.05) is 23.2 Å². The van der Waals surface area contributed by atoms with Crippen molar-refractivity contribution in [2.45, 2.75) is 13.5 Å². The Morgan fingerprint density at radius 2 is 2.15 bits per heavy atom. The molecule has 11 heteroatoms. The van der Waals surface area contributed by atoms with Gasteiger partial charge in [-0.25, -0.2) is 19.2 Å². The maximum Gasteiger partial charge on any atom is 0.278 e. The molecule has 2 aromatic heterocycles. The number of hydrogen-bond donors (Lipinski definition) is 1. The van der Waals surface area contributed by atoms with Crippen molar-refractivity contribution in [2.24, 2.45) is 5.10 Å². The molecule has 1 amide bonds. The average Bonchev–Trinajstić information content (AvgIpc) is 3.24. The van der Waals surface area contributed by atoms with Crippen LogP contribution in [0.3, 0.4) is 0 Å². The topological polar surface area (TPSA) is 110 Å². The van der Waals surface area contributed by atoms with Gasteiger partial charge < -0.3 is 13.9 Å². The zero-order valence-corrected chi connectivity index (χ0v) is 19.1. The molecule has 170 valence electrons. The van der Waals surface area contributed by atoms with E-state index < -0.39 is 24.1 Å². The van der Waals surface area contributed by atoms with E-state index in [1.165, 1.54) is 31.5 Å². The molecule has 1 aromatic carbocycles. The number of pyridine rings is 1. The summed E-state index contributed by atoms with van der Waals surface area (Å²) in [6, 6.07) is 8.14. The van der Waals surface area contributed by atoms with Gasteiger partial charge in [0.25, 0.3) is 5.91 Å². The number of methoxy groups -OCH3 is 1. The third kappa shape index (κ3) is 5.79. The Hall–Kier alpha value is -3.62. The van der Waals surface area contributed by atoms with E-state index in [0.29, 0.717) is 15.7 Å². The monoisotopic (exact) mass is 518 g/mol. The maximum absolute atomic E-state index is 13.9. The molecule has 3 rings (SSSR count). The van der Waals surface area contributed by atoms with Crippen LogP contribution in [0.4, 0.5) is 8.78 Å². The molecule has 0 aliphatic carbocycles. The second-order valence-corrected chi connectivity index (χ2v) is 7.42. The highest BCUT2D eigenvalue weighted by Crippen LogP contribution is 2.30. The number of furan rings is 1. The fourth-order valence-corrected chi connectivity index (χ4v) is 3.21. The van der Waals surface area contributed by atoms with E-state index in [0.717, 1.165) is 12.1 Å². The van der Waals surface area contributed by atoms with Crippen molar-refractivity contribution in [1.29, 1.82) is 5.26 Å². The van der Waals surface area contributed by atoms with Crippen molar-refractivity contribution in [2.75, 3.05) is 13.7 Å². The second-order valence-electron chi connectivity index (χ2n) is 6.62. The minimum atomic E-state index is -0.763. The number of aryl methyl sites for hydroxylation is 1. The molecular formula is C22H17BrF2N4O4. The first-order valence-corrected chi connectivity index (χ1v) is 10.2. The Morgan fingerprint density at radius 3 is 2.85 bits per heavy atom. The molecule has 0 spiro atoms. The lowest BCUT2D eigenvalue weighted by molar-refractivity contribution is -0.123. The first kappa shape index (κ1) is 24.0. The summed E-state index contributed by atoms with van der Waals surface area (Å²) in [5.74, 6) is -1.66. The maximum atomic E-state index is 13.9. The molecule has 0 saturated carbocycles. The van der Waals surface area contributed by atoms with Crippen molar-refractivity contribution < 1.29 is 27.5 Å². The predicted molar refractivity (Wildman–Crippen MR) is 117 cm³/mol. The summed E-state index contributed by atoms with van der Waals surface area (Å²) in [6.07, 6.45) is 1.21. The number of nitrogens with zero attached hydrogens (tertiary/aromatic N) is 3. The van der Waals surface area contributed by atoms with E-state index in [9.17, 15) is 18.8 Å². The van der Waals surface area contributed by atoms with Crippen LogP contribution < -0.4 is 10.2 Å². The molecule has 0 aliphatic rings. The number of nitriles is 1. The first-order chi connectivity index (χ1) is 15.8. The molecule has 3 aromatic rings. The molecule has 2 heterocycles. The van der Waals surface area contributed by atoms with E-state index in [1.54, 1.807) is 6.92 Å². The molecular weight excluding hydrogens is 502 g/mol. The number of hydrazone groups is 1. The Labute approximate surface area is 196 Å². The number of aromatic nitrogens is 1. The number of carbonyl (C=O) groups excluding carboxylic acids is 1. The van der Waals surface area contributed by atoms with Crippen LogP contribution in [0.2, 0.25) is 0 Å². The fourth-order valence-electron chi connectivity index (χ4n) is 2.80. The summed E-state index contributed by atoms with van der Waals surface area (Å²) in [5.41, 5.74) is 3.63. The van der Waals surface area contributed by atoms with Gasteiger partial charge >= 0.3 is 0 Å². The third-order valence-corrected chi connectivity index (χ3v) is 5.36. The highest BCUT2D eigenvalue weighted by molar-refractivity contribution is 9.10. The first-order valence-electron chi connectivity index (χ1n) is 9.42. The zero-order chi connectivity index (χ0) is 24.0. The molecule has 0 aliphatic heterocycles. The van der Waals surface area contributed by atoms with E-state index in [4.69, 9.17) is 13.9 Å². The van der Waals surface area contributed by atoms with Crippen LogP contribution >= 0.6 is 15.9 Å². The summed E-state index contributed by atoms with van der Waals surface area (Å²) < 4.78 is 43.5. The number of hydrogen-bond acceptors (Lipinski definition) is 7. The average molecular weight is 519 g/mol. The number of ether oxygens (including phenoxy) is 2. The van der Waals surface area contributed by atoms with Gasteiger partial charge in [0.2, 0.25) is 5.88 Å². The summed E-state index contributed by atoms with van der Waals surface area (Å²) in [5, 5.41) is 13.2. The van der Waals surface area contributed by atoms with Crippen molar-refractivity contribution in [3.8, 4) is 23.3 Å². The fraction of sp³-hybridized carbons (Fsp3) is 0.182. The zero-order valence-electron chi connectivity index (χ0n) is 17.5. The van der Waals surface area contributed by atoms with E-state index >= 15 is 0 Å². The van der Waals surface area contributed by atoms with Crippen LogP contribution in [0, 0.1) is 29.9 Å². The van der Waals surface area contributed by atoms with E-state index in [1.807, 2.05) is 6.07 Å². The van der Waals surface area contributed by atoms with Gasteiger partial charge in [-0.3, -0.25) is 4.79 Å². The molecule has 0 atom stereocenters. The van der Waals surface area contributed by atoms with Crippen LogP contribution in [-0.2, 0) is 16.1 Å². The number of nitrogens with one attached hydrogen (secondary N) is 1. The number of carbonyl (C=O) groups is 1. The van der Waals surface area contributed by atoms with Gasteiger partial charge in [0.05, 0.1) is 24.1 Å². The molecule has 0 radical (unpaired) electrons. The third-order valence-electron chi connectivity index (χ3n) is 4.31. The predicted octanol–water partition coefficient (Wildman–Crippen LogP) is 4.24. The summed E-state index contributed by atoms with van der Waals surface area (Å²) in [4.78, 5) is 16.3. The van der Waals surface area contributed by atoms with Gasteiger partial charge in [-0.1, -0.05) is 0 Å². The quantitative estimate of drug-likeness (QED) is 0.352. The van der Waals surface area contributed by atoms with Gasteiger partial charge in [0.1, 0.15) is 34.8 Å². The molecule has 33 heavy (non-hydrogen) atoms. The van der Waals surface area contributed by atoms with Gasteiger partial charge in [-0.2, -0.15) is 10.4 Å². The number of amides is 1. The Kier molecular flexibility index (Phi) is 7.87. The van der Waals surface area contributed by atoms with Crippen molar-refractivity contribution in [1.82, 2.24) is 10.4 Å². The normalized spacial score (nSPS) is 10.9. The lowest BCUT2D eigenvalue weighted by Gasteiger charge is -2.13. The molecule has 0 bridgehead atoms. The molecule has 1 N–H and O–H groups in total. The van der Waals surface area contributed by atoms with Crippen LogP contribution in [0.5, 0.6) is 5.88 Å². The Morgan fingerprint density at radius 1 is 1.36 bits per heavy atom. The highest BCUT2D eigenvalue weighted by atomic mass is 79.9. The minimum Gasteiger partial charge on any atom is -0.467 e. The smallest absolute Gasteiger partial charge is 0.278 e. The lowest BCUT2D eigenvalue weighted by atomic mass is 10.1. The van der Waals surface area contributed by atoms with Gasteiger partial charge in [-0.15, -0.1) is 0 Å². The summed E-state index contributed by atoms with van der Waals surface area (Å²) in [6.45, 7) is 1.43. The molecule has 0 saturated heterocycles. The van der Waals surface area contributed by atoms with Crippen molar-refractivity contribution >= 4 is 28.1 Å². The summed E-state index contributed by atoms with van der Waals surface area (Å²) >= 11 is 3.37.